The number of alkyl halides is 2. The largest absolute Gasteiger partial charge is 0.280 e. The van der Waals surface area contributed by atoms with Gasteiger partial charge < -0.3 is 0 Å². The smallest absolute Gasteiger partial charge is 0.275 e. The first-order chi connectivity index (χ1) is 9.56. The number of hydroxylamine groups is 1. The Labute approximate surface area is 125 Å². The maximum atomic E-state index is 12.9. The van der Waals surface area contributed by atoms with Crippen molar-refractivity contribution in [3.8, 4) is 0 Å². The molecule has 0 spiro atoms. The third kappa shape index (κ3) is 2.90. The highest BCUT2D eigenvalue weighted by atomic mass is 35.5. The fourth-order valence-corrected chi connectivity index (χ4v) is 3.84. The zero-order chi connectivity index (χ0) is 16.0. The molecule has 10 heteroatoms. The maximum Gasteiger partial charge on any atom is 0.280 e. The summed E-state index contributed by atoms with van der Waals surface area (Å²) in [5.74, 6) is 0. The van der Waals surface area contributed by atoms with Crippen molar-refractivity contribution in [2.45, 2.75) is 38.0 Å². The summed E-state index contributed by atoms with van der Waals surface area (Å²) in [6.45, 7) is 4.58. The van der Waals surface area contributed by atoms with Gasteiger partial charge >= 0.3 is 0 Å². The van der Waals surface area contributed by atoms with Gasteiger partial charge in [-0.25, -0.2) is 17.2 Å². The number of hydrogen-bond donors (Lipinski definition) is 2. The molecule has 1 aromatic heterocycles. The number of aromatic amines is 1. The van der Waals surface area contributed by atoms with E-state index >= 15 is 0 Å². The van der Waals surface area contributed by atoms with Crippen molar-refractivity contribution in [2.24, 2.45) is 0 Å². The first-order valence-electron chi connectivity index (χ1n) is 5.99. The van der Waals surface area contributed by atoms with Crippen LogP contribution in [0.15, 0.2) is 11.1 Å². The van der Waals surface area contributed by atoms with E-state index in [1.54, 1.807) is 13.8 Å². The molecule has 0 amide bonds. The normalized spacial score (nSPS) is 19.5. The zero-order valence-corrected chi connectivity index (χ0v) is 13.0. The maximum absolute atomic E-state index is 12.9. The Balaban J connectivity index is 2.45. The standard InChI is InChI=1S/C11H14ClF2N3O3S/c1-5(7-8(10(13)14)15-16-9(7)12)21(18,19)6-4-11(2,3)20-17-6/h4-5,10,17H,1-3H3,(H,15,16). The van der Waals surface area contributed by atoms with Crippen molar-refractivity contribution < 1.29 is 22.0 Å². The molecule has 2 N–H and O–H groups in total. The first kappa shape index (κ1) is 16.2. The predicted molar refractivity (Wildman–Crippen MR) is 72.3 cm³/mol. The van der Waals surface area contributed by atoms with E-state index in [1.807, 2.05) is 0 Å². The molecular formula is C11H14ClF2N3O3S. The molecule has 0 saturated carbocycles. The minimum absolute atomic E-state index is 0.183. The van der Waals surface area contributed by atoms with Crippen LogP contribution in [0, 0.1) is 0 Å². The molecule has 6 nitrogen and oxygen atoms in total. The van der Waals surface area contributed by atoms with Crippen LogP contribution in [0.1, 0.15) is 43.7 Å². The summed E-state index contributed by atoms with van der Waals surface area (Å²) in [6.07, 6.45) is -1.54. The number of aromatic nitrogens is 2. The number of nitrogens with zero attached hydrogens (tertiary/aromatic N) is 1. The minimum atomic E-state index is -3.96. The van der Waals surface area contributed by atoms with Crippen LogP contribution < -0.4 is 5.48 Å². The lowest BCUT2D eigenvalue weighted by Gasteiger charge is -2.14. The number of rotatable bonds is 4. The molecule has 1 unspecified atom stereocenters. The van der Waals surface area contributed by atoms with Crippen LogP contribution in [-0.4, -0.2) is 24.2 Å². The topological polar surface area (TPSA) is 84.1 Å². The van der Waals surface area contributed by atoms with Gasteiger partial charge in [-0.05, 0) is 26.8 Å². The molecule has 1 atom stereocenters. The molecule has 2 rings (SSSR count). The van der Waals surface area contributed by atoms with E-state index in [0.29, 0.717) is 0 Å². The summed E-state index contributed by atoms with van der Waals surface area (Å²) in [5, 5.41) is 3.74. The first-order valence-corrected chi connectivity index (χ1v) is 7.91. The molecule has 0 aromatic carbocycles. The van der Waals surface area contributed by atoms with Crippen molar-refractivity contribution in [2.75, 3.05) is 0 Å². The van der Waals surface area contributed by atoms with Crippen LogP contribution in [0.2, 0.25) is 5.15 Å². The van der Waals surface area contributed by atoms with Crippen molar-refractivity contribution >= 4 is 21.4 Å². The second-order valence-electron chi connectivity index (χ2n) is 5.15. The summed E-state index contributed by atoms with van der Waals surface area (Å²) in [7, 11) is -3.96. The van der Waals surface area contributed by atoms with Crippen molar-refractivity contribution in [1.82, 2.24) is 15.7 Å². The van der Waals surface area contributed by atoms with Crippen LogP contribution in [0.3, 0.4) is 0 Å². The van der Waals surface area contributed by atoms with Crippen molar-refractivity contribution in [3.63, 3.8) is 0 Å². The number of sulfone groups is 1. The van der Waals surface area contributed by atoms with Gasteiger partial charge in [0.15, 0.2) is 10.2 Å². The summed E-state index contributed by atoms with van der Waals surface area (Å²) < 4.78 is 50.8. The highest BCUT2D eigenvalue weighted by molar-refractivity contribution is 7.95. The average molecular weight is 342 g/mol. The quantitative estimate of drug-likeness (QED) is 0.879. The molecule has 1 aromatic rings. The van der Waals surface area contributed by atoms with Crippen molar-refractivity contribution in [1.29, 1.82) is 0 Å². The average Bonchev–Trinajstić information content (AvgIpc) is 2.91. The Morgan fingerprint density at radius 2 is 2.05 bits per heavy atom. The Hall–Kier alpha value is -1.19. The molecular weight excluding hydrogens is 328 g/mol. The van der Waals surface area contributed by atoms with Gasteiger partial charge in [0.25, 0.3) is 6.43 Å². The highest BCUT2D eigenvalue weighted by Crippen LogP contribution is 2.38. The Morgan fingerprint density at radius 1 is 1.43 bits per heavy atom. The van der Waals surface area contributed by atoms with E-state index in [-0.39, 0.29) is 15.7 Å². The van der Waals surface area contributed by atoms with E-state index in [4.69, 9.17) is 16.4 Å². The van der Waals surface area contributed by atoms with Gasteiger partial charge in [0, 0.05) is 5.56 Å². The molecule has 21 heavy (non-hydrogen) atoms. The van der Waals surface area contributed by atoms with Gasteiger partial charge in [-0.3, -0.25) is 15.4 Å². The molecule has 0 radical (unpaired) electrons. The predicted octanol–water partition coefficient (Wildman–Crippen LogP) is 2.63. The van der Waals surface area contributed by atoms with E-state index in [2.05, 4.69) is 15.7 Å². The molecule has 0 aliphatic carbocycles. The van der Waals surface area contributed by atoms with Crippen LogP contribution >= 0.6 is 11.6 Å². The SMILES string of the molecule is CC(c1c(Cl)n[nH]c1C(F)F)S(=O)(=O)C1=CC(C)(C)ON1. The van der Waals surface area contributed by atoms with Gasteiger partial charge in [0.1, 0.15) is 11.3 Å². The van der Waals surface area contributed by atoms with Gasteiger partial charge in [0.2, 0.25) is 9.84 Å². The fraction of sp³-hybridized carbons (Fsp3) is 0.545. The van der Waals surface area contributed by atoms with E-state index in [1.165, 1.54) is 13.0 Å². The van der Waals surface area contributed by atoms with Crippen molar-refractivity contribution in [3.05, 3.63) is 27.5 Å². The molecule has 2 heterocycles. The van der Waals surface area contributed by atoms with Gasteiger partial charge in [0.05, 0.1) is 5.25 Å². The Morgan fingerprint density at radius 3 is 2.52 bits per heavy atom. The number of halogens is 3. The summed E-state index contributed by atoms with van der Waals surface area (Å²) in [5.41, 5.74) is 0.659. The van der Waals surface area contributed by atoms with Gasteiger partial charge in [-0.1, -0.05) is 11.6 Å². The number of H-pyrrole nitrogens is 1. The van der Waals surface area contributed by atoms with Gasteiger partial charge in [-0.2, -0.15) is 5.10 Å². The molecule has 0 saturated heterocycles. The Bertz CT molecular complexity index is 685. The zero-order valence-electron chi connectivity index (χ0n) is 11.4. The minimum Gasteiger partial charge on any atom is -0.275 e. The van der Waals surface area contributed by atoms with E-state index in [9.17, 15) is 17.2 Å². The van der Waals surface area contributed by atoms with Crippen LogP contribution in [0.5, 0.6) is 0 Å². The van der Waals surface area contributed by atoms with Gasteiger partial charge in [-0.15, -0.1) is 0 Å². The summed E-state index contributed by atoms with van der Waals surface area (Å²) >= 11 is 5.74. The monoisotopic (exact) mass is 341 g/mol. The molecule has 1 aliphatic heterocycles. The third-order valence-electron chi connectivity index (χ3n) is 3.08. The molecule has 0 fully saturated rings. The number of hydrogen-bond acceptors (Lipinski definition) is 5. The lowest BCUT2D eigenvalue weighted by Crippen LogP contribution is -2.23. The fourth-order valence-electron chi connectivity index (χ4n) is 1.94. The Kier molecular flexibility index (Phi) is 4.02. The lowest BCUT2D eigenvalue weighted by atomic mass is 10.1. The molecule has 118 valence electrons. The molecule has 1 aliphatic rings. The van der Waals surface area contributed by atoms with Crippen LogP contribution in [0.25, 0.3) is 0 Å². The summed E-state index contributed by atoms with van der Waals surface area (Å²) in [4.78, 5) is 5.09. The van der Waals surface area contributed by atoms with E-state index < -0.39 is 32.8 Å². The second kappa shape index (κ2) is 5.22. The molecule has 0 bridgehead atoms. The third-order valence-corrected chi connectivity index (χ3v) is 5.35. The van der Waals surface area contributed by atoms with Crippen LogP contribution in [0.4, 0.5) is 8.78 Å². The summed E-state index contributed by atoms with van der Waals surface area (Å²) in [6, 6.07) is 0. The highest BCUT2D eigenvalue weighted by Gasteiger charge is 2.38. The number of nitrogens with one attached hydrogen (secondary N) is 2. The van der Waals surface area contributed by atoms with E-state index in [0.717, 1.165) is 0 Å². The van der Waals surface area contributed by atoms with Crippen LogP contribution in [-0.2, 0) is 14.7 Å². The second-order valence-corrected chi connectivity index (χ2v) is 7.74. The lowest BCUT2D eigenvalue weighted by molar-refractivity contribution is -0.0130.